The number of hydrogen-bond donors (Lipinski definition) is 2. The summed E-state index contributed by atoms with van der Waals surface area (Å²) < 4.78 is 5.29. The van der Waals surface area contributed by atoms with Gasteiger partial charge in [0.15, 0.2) is 5.37 Å². The van der Waals surface area contributed by atoms with E-state index in [1.807, 2.05) is 0 Å². The molecule has 2 heterocycles. The second kappa shape index (κ2) is 8.17. The number of amides is 4. The lowest BCUT2D eigenvalue weighted by molar-refractivity contribution is -0.122. The molecule has 1 atom stereocenters. The van der Waals surface area contributed by atoms with E-state index in [1.54, 1.807) is 20.8 Å². The molecule has 1 aromatic rings. The lowest BCUT2D eigenvalue weighted by Crippen LogP contribution is -2.48. The van der Waals surface area contributed by atoms with E-state index < -0.39 is 28.9 Å². The molecule has 0 saturated carbocycles. The van der Waals surface area contributed by atoms with E-state index in [9.17, 15) is 19.2 Å². The molecule has 4 amide bonds. The minimum absolute atomic E-state index is 0.154. The van der Waals surface area contributed by atoms with Crippen molar-refractivity contribution in [3.05, 3.63) is 23.9 Å². The molecule has 1 fully saturated rings. The molecule has 1 aromatic heterocycles. The number of anilines is 1. The van der Waals surface area contributed by atoms with Crippen LogP contribution in [0.1, 0.15) is 31.1 Å². The lowest BCUT2D eigenvalue weighted by Gasteiger charge is -2.27. The summed E-state index contributed by atoms with van der Waals surface area (Å²) in [5.41, 5.74) is -0.522. The van der Waals surface area contributed by atoms with Gasteiger partial charge >= 0.3 is 6.09 Å². The minimum atomic E-state index is -0.835. The molecule has 1 aliphatic rings. The average Bonchev–Trinajstić information content (AvgIpc) is 3.04. The Labute approximate surface area is 154 Å². The van der Waals surface area contributed by atoms with Gasteiger partial charge in [-0.15, -0.1) is 11.8 Å². The van der Waals surface area contributed by atoms with Crippen molar-refractivity contribution in [2.24, 2.45) is 0 Å². The highest BCUT2D eigenvalue weighted by atomic mass is 32.2. The molecular weight excluding hydrogens is 360 g/mol. The molecule has 0 radical (unpaired) electrons. The molecule has 1 saturated heterocycles. The van der Waals surface area contributed by atoms with Crippen LogP contribution >= 0.6 is 11.8 Å². The van der Waals surface area contributed by atoms with Crippen LogP contribution in [0, 0.1) is 0 Å². The quantitative estimate of drug-likeness (QED) is 0.595. The van der Waals surface area contributed by atoms with E-state index in [-0.39, 0.29) is 11.4 Å². The van der Waals surface area contributed by atoms with Crippen LogP contribution in [0.4, 0.5) is 10.6 Å². The van der Waals surface area contributed by atoms with Crippen LogP contribution in [-0.2, 0) is 14.3 Å². The SMILES string of the molecule is CC(C)(C)OC(=O)N1CCS[C@H]1C(=O)NC(=O)c1ccc(NC=O)nc1. The minimum Gasteiger partial charge on any atom is -0.444 e. The molecular formula is C16H20N4O5S. The van der Waals surface area contributed by atoms with E-state index in [2.05, 4.69) is 15.6 Å². The predicted octanol–water partition coefficient (Wildman–Crippen LogP) is 1.22. The molecule has 0 unspecified atom stereocenters. The van der Waals surface area contributed by atoms with Gasteiger partial charge in [0, 0.05) is 18.5 Å². The number of carbonyl (C=O) groups excluding carboxylic acids is 4. The van der Waals surface area contributed by atoms with Gasteiger partial charge in [0.2, 0.25) is 6.41 Å². The first-order valence-electron chi connectivity index (χ1n) is 7.84. The van der Waals surface area contributed by atoms with Crippen LogP contribution in [0.5, 0.6) is 0 Å². The first kappa shape index (κ1) is 19.7. The molecule has 0 aromatic carbocycles. The second-order valence-electron chi connectivity index (χ2n) is 6.41. The van der Waals surface area contributed by atoms with Crippen LogP contribution in [-0.4, -0.2) is 57.5 Å². The Kier molecular flexibility index (Phi) is 6.19. The molecule has 0 aliphatic carbocycles. The van der Waals surface area contributed by atoms with Gasteiger partial charge < -0.3 is 10.1 Å². The third-order valence-corrected chi connectivity index (χ3v) is 4.42. The van der Waals surface area contributed by atoms with Crippen molar-refractivity contribution in [2.45, 2.75) is 31.7 Å². The van der Waals surface area contributed by atoms with Gasteiger partial charge in [0.1, 0.15) is 11.4 Å². The van der Waals surface area contributed by atoms with Gasteiger partial charge in [-0.2, -0.15) is 0 Å². The van der Waals surface area contributed by atoms with Crippen LogP contribution in [0.2, 0.25) is 0 Å². The zero-order valence-electron chi connectivity index (χ0n) is 14.6. The van der Waals surface area contributed by atoms with Crippen molar-refractivity contribution < 1.29 is 23.9 Å². The lowest BCUT2D eigenvalue weighted by atomic mass is 10.2. The maximum atomic E-state index is 12.4. The van der Waals surface area contributed by atoms with Crippen LogP contribution < -0.4 is 10.6 Å². The Balaban J connectivity index is 2.00. The Hall–Kier alpha value is -2.62. The maximum Gasteiger partial charge on any atom is 0.411 e. The zero-order valence-corrected chi connectivity index (χ0v) is 15.5. The molecule has 2 rings (SSSR count). The highest BCUT2D eigenvalue weighted by Gasteiger charge is 2.38. The van der Waals surface area contributed by atoms with Crippen molar-refractivity contribution in [1.82, 2.24) is 15.2 Å². The molecule has 9 nitrogen and oxygen atoms in total. The fraction of sp³-hybridized carbons (Fsp3) is 0.438. The number of pyridine rings is 1. The number of imide groups is 1. The third-order valence-electron chi connectivity index (χ3n) is 3.21. The number of carbonyl (C=O) groups is 4. The predicted molar refractivity (Wildman–Crippen MR) is 95.6 cm³/mol. The molecule has 0 spiro atoms. The normalized spacial score (nSPS) is 16.7. The summed E-state index contributed by atoms with van der Waals surface area (Å²) in [6, 6.07) is 2.86. The fourth-order valence-corrected chi connectivity index (χ4v) is 3.22. The standard InChI is InChI=1S/C16H20N4O5S/c1-16(2,3)25-15(24)20-6-7-26-14(20)13(23)19-12(22)10-4-5-11(17-8-10)18-9-21/h4-5,8-9,14H,6-7H2,1-3H3,(H,17,18,21)(H,19,22,23)/t14-/m0/s1. The highest BCUT2D eigenvalue weighted by Crippen LogP contribution is 2.26. The number of hydrogen-bond acceptors (Lipinski definition) is 7. The Morgan fingerprint density at radius 2 is 2.08 bits per heavy atom. The molecule has 26 heavy (non-hydrogen) atoms. The van der Waals surface area contributed by atoms with Crippen LogP contribution in [0.25, 0.3) is 0 Å². The number of aromatic nitrogens is 1. The summed E-state index contributed by atoms with van der Waals surface area (Å²) in [4.78, 5) is 52.3. The summed E-state index contributed by atoms with van der Waals surface area (Å²) in [5, 5.41) is 3.77. The van der Waals surface area contributed by atoms with Gasteiger partial charge in [0.25, 0.3) is 11.8 Å². The zero-order chi connectivity index (χ0) is 19.3. The summed E-state index contributed by atoms with van der Waals surface area (Å²) >= 11 is 1.26. The van der Waals surface area contributed by atoms with Gasteiger partial charge in [-0.1, -0.05) is 0 Å². The number of nitrogens with one attached hydrogen (secondary N) is 2. The smallest absolute Gasteiger partial charge is 0.411 e. The van der Waals surface area contributed by atoms with Gasteiger partial charge in [0.05, 0.1) is 5.56 Å². The first-order chi connectivity index (χ1) is 12.2. The summed E-state index contributed by atoms with van der Waals surface area (Å²) in [5.74, 6) is -0.389. The molecule has 1 aliphatic heterocycles. The molecule has 0 bridgehead atoms. The molecule has 10 heteroatoms. The Morgan fingerprint density at radius 1 is 1.35 bits per heavy atom. The number of thioether (sulfide) groups is 1. The van der Waals surface area contributed by atoms with E-state index in [0.29, 0.717) is 18.7 Å². The number of nitrogens with zero attached hydrogens (tertiary/aromatic N) is 2. The average molecular weight is 380 g/mol. The monoisotopic (exact) mass is 380 g/mol. The van der Waals surface area contributed by atoms with Crippen molar-refractivity contribution in [3.63, 3.8) is 0 Å². The largest absolute Gasteiger partial charge is 0.444 e. The van der Waals surface area contributed by atoms with Crippen LogP contribution in [0.3, 0.4) is 0 Å². The Bertz CT molecular complexity index is 702. The second-order valence-corrected chi connectivity index (χ2v) is 7.60. The highest BCUT2D eigenvalue weighted by molar-refractivity contribution is 8.00. The van der Waals surface area contributed by atoms with E-state index in [4.69, 9.17) is 4.74 Å². The van der Waals surface area contributed by atoms with E-state index in [1.165, 1.54) is 35.0 Å². The van der Waals surface area contributed by atoms with E-state index >= 15 is 0 Å². The fourth-order valence-electron chi connectivity index (χ4n) is 2.11. The van der Waals surface area contributed by atoms with E-state index in [0.717, 1.165) is 0 Å². The summed E-state index contributed by atoms with van der Waals surface area (Å²) in [7, 11) is 0. The maximum absolute atomic E-state index is 12.4. The summed E-state index contributed by atoms with van der Waals surface area (Å²) in [6.07, 6.45) is 1.11. The topological polar surface area (TPSA) is 118 Å². The number of ether oxygens (including phenoxy) is 1. The molecule has 2 N–H and O–H groups in total. The van der Waals surface area contributed by atoms with Gasteiger partial charge in [-0.05, 0) is 32.9 Å². The van der Waals surface area contributed by atoms with Gasteiger partial charge in [-0.3, -0.25) is 24.6 Å². The number of rotatable bonds is 4. The van der Waals surface area contributed by atoms with Crippen molar-refractivity contribution in [3.8, 4) is 0 Å². The third kappa shape index (κ3) is 5.19. The first-order valence-corrected chi connectivity index (χ1v) is 8.89. The molecule has 140 valence electrons. The van der Waals surface area contributed by atoms with Crippen molar-refractivity contribution in [2.75, 3.05) is 17.6 Å². The van der Waals surface area contributed by atoms with Crippen molar-refractivity contribution in [1.29, 1.82) is 0 Å². The summed E-state index contributed by atoms with van der Waals surface area (Å²) in [6.45, 7) is 5.58. The van der Waals surface area contributed by atoms with Crippen LogP contribution in [0.15, 0.2) is 18.3 Å². The van der Waals surface area contributed by atoms with Gasteiger partial charge in [-0.25, -0.2) is 9.78 Å². The Morgan fingerprint density at radius 3 is 2.65 bits per heavy atom. The van der Waals surface area contributed by atoms with Crippen molar-refractivity contribution >= 4 is 41.9 Å².